The van der Waals surface area contributed by atoms with E-state index >= 15 is 0 Å². The predicted octanol–water partition coefficient (Wildman–Crippen LogP) is 3.11. The maximum atomic E-state index is 12.8. The molecule has 0 saturated carbocycles. The highest BCUT2D eigenvalue weighted by atomic mass is 16.5. The first kappa shape index (κ1) is 19.7. The SMILES string of the molecule is COc1ccc([C@H]2CCCN2C(=O)CNC(=O)c2ccc(C)cc2)c(OC)c1. The Kier molecular flexibility index (Phi) is 6.19. The zero-order chi connectivity index (χ0) is 20.1. The fourth-order valence-electron chi connectivity index (χ4n) is 3.55. The van der Waals surface area contributed by atoms with Crippen molar-refractivity contribution in [1.82, 2.24) is 10.2 Å². The van der Waals surface area contributed by atoms with Gasteiger partial charge in [-0.15, -0.1) is 0 Å². The number of methoxy groups -OCH3 is 2. The van der Waals surface area contributed by atoms with E-state index in [9.17, 15) is 9.59 Å². The zero-order valence-corrected chi connectivity index (χ0v) is 16.5. The minimum absolute atomic E-state index is 0.0261. The molecule has 6 nitrogen and oxygen atoms in total. The van der Waals surface area contributed by atoms with Crippen LogP contribution in [0.2, 0.25) is 0 Å². The normalized spacial score (nSPS) is 16.0. The average molecular weight is 382 g/mol. The summed E-state index contributed by atoms with van der Waals surface area (Å²) < 4.78 is 10.8. The number of hydrogen-bond donors (Lipinski definition) is 1. The molecule has 148 valence electrons. The van der Waals surface area contributed by atoms with Crippen LogP contribution in [-0.2, 0) is 4.79 Å². The van der Waals surface area contributed by atoms with E-state index in [2.05, 4.69) is 5.32 Å². The lowest BCUT2D eigenvalue weighted by molar-refractivity contribution is -0.131. The number of amides is 2. The van der Waals surface area contributed by atoms with Crippen LogP contribution in [0, 0.1) is 6.92 Å². The van der Waals surface area contributed by atoms with Crippen LogP contribution in [0.5, 0.6) is 11.5 Å². The van der Waals surface area contributed by atoms with Crippen LogP contribution < -0.4 is 14.8 Å². The molecule has 1 atom stereocenters. The number of carbonyl (C=O) groups is 2. The minimum Gasteiger partial charge on any atom is -0.497 e. The number of hydrogen-bond acceptors (Lipinski definition) is 4. The number of rotatable bonds is 6. The van der Waals surface area contributed by atoms with E-state index in [4.69, 9.17) is 9.47 Å². The van der Waals surface area contributed by atoms with Crippen molar-refractivity contribution in [2.24, 2.45) is 0 Å². The number of nitrogens with one attached hydrogen (secondary N) is 1. The first-order valence-corrected chi connectivity index (χ1v) is 9.39. The molecule has 1 heterocycles. The molecule has 2 aromatic rings. The van der Waals surface area contributed by atoms with Crippen molar-refractivity contribution in [1.29, 1.82) is 0 Å². The molecule has 2 amide bonds. The van der Waals surface area contributed by atoms with Gasteiger partial charge in [0.05, 0.1) is 26.8 Å². The maximum Gasteiger partial charge on any atom is 0.251 e. The number of likely N-dealkylation sites (tertiary alicyclic amines) is 1. The smallest absolute Gasteiger partial charge is 0.251 e. The maximum absolute atomic E-state index is 12.8. The summed E-state index contributed by atoms with van der Waals surface area (Å²) in [7, 11) is 3.22. The summed E-state index contributed by atoms with van der Waals surface area (Å²) >= 11 is 0. The summed E-state index contributed by atoms with van der Waals surface area (Å²) in [5.41, 5.74) is 2.59. The predicted molar refractivity (Wildman–Crippen MR) is 107 cm³/mol. The van der Waals surface area contributed by atoms with Crippen molar-refractivity contribution in [3.8, 4) is 11.5 Å². The number of carbonyl (C=O) groups excluding carboxylic acids is 2. The van der Waals surface area contributed by atoms with Gasteiger partial charge in [0.15, 0.2) is 0 Å². The van der Waals surface area contributed by atoms with Crippen molar-refractivity contribution in [2.45, 2.75) is 25.8 Å². The van der Waals surface area contributed by atoms with Crippen molar-refractivity contribution in [2.75, 3.05) is 27.3 Å². The summed E-state index contributed by atoms with van der Waals surface area (Å²) in [5, 5.41) is 2.73. The Labute approximate surface area is 165 Å². The van der Waals surface area contributed by atoms with Gasteiger partial charge in [0.1, 0.15) is 11.5 Å². The Bertz CT molecular complexity index is 848. The Balaban J connectivity index is 1.68. The topological polar surface area (TPSA) is 67.9 Å². The summed E-state index contributed by atoms with van der Waals surface area (Å²) in [5.74, 6) is 1.07. The molecule has 0 bridgehead atoms. The van der Waals surface area contributed by atoms with E-state index in [0.29, 0.717) is 23.6 Å². The highest BCUT2D eigenvalue weighted by Crippen LogP contribution is 2.38. The fraction of sp³-hybridized carbons (Fsp3) is 0.364. The Morgan fingerprint density at radius 2 is 1.86 bits per heavy atom. The third-order valence-electron chi connectivity index (χ3n) is 5.09. The van der Waals surface area contributed by atoms with Crippen molar-refractivity contribution >= 4 is 11.8 Å². The fourth-order valence-corrected chi connectivity index (χ4v) is 3.55. The molecule has 1 aliphatic rings. The van der Waals surface area contributed by atoms with Gasteiger partial charge in [-0.05, 0) is 44.0 Å². The third kappa shape index (κ3) is 4.27. The molecule has 0 radical (unpaired) electrons. The molecule has 28 heavy (non-hydrogen) atoms. The second-order valence-corrected chi connectivity index (χ2v) is 6.90. The van der Waals surface area contributed by atoms with Crippen LogP contribution in [0.1, 0.15) is 40.4 Å². The Morgan fingerprint density at radius 3 is 2.54 bits per heavy atom. The molecule has 0 unspecified atom stereocenters. The van der Waals surface area contributed by atoms with Crippen LogP contribution >= 0.6 is 0 Å². The molecule has 1 aliphatic heterocycles. The molecule has 1 saturated heterocycles. The van der Waals surface area contributed by atoms with Gasteiger partial charge in [-0.1, -0.05) is 17.7 Å². The van der Waals surface area contributed by atoms with Gasteiger partial charge in [-0.3, -0.25) is 9.59 Å². The van der Waals surface area contributed by atoms with E-state index in [1.54, 1.807) is 26.4 Å². The minimum atomic E-state index is -0.244. The third-order valence-corrected chi connectivity index (χ3v) is 5.09. The molecule has 0 aromatic heterocycles. The zero-order valence-electron chi connectivity index (χ0n) is 16.5. The molecule has 3 rings (SSSR count). The lowest BCUT2D eigenvalue weighted by atomic mass is 10.0. The highest BCUT2D eigenvalue weighted by Gasteiger charge is 2.32. The number of ether oxygens (including phenoxy) is 2. The highest BCUT2D eigenvalue weighted by molar-refractivity contribution is 5.96. The molecule has 6 heteroatoms. The lowest BCUT2D eigenvalue weighted by Crippen LogP contribution is -2.39. The standard InChI is InChI=1S/C22H26N2O4/c1-15-6-8-16(9-7-15)22(26)23-14-21(25)24-12-4-5-19(24)18-11-10-17(27-2)13-20(18)28-3/h6-11,13,19H,4-5,12,14H2,1-3H3,(H,23,26)/t19-/m1/s1. The van der Waals surface area contributed by atoms with Gasteiger partial charge >= 0.3 is 0 Å². The van der Waals surface area contributed by atoms with Gasteiger partial charge < -0.3 is 19.7 Å². The first-order valence-electron chi connectivity index (χ1n) is 9.39. The molecular weight excluding hydrogens is 356 g/mol. The average Bonchev–Trinajstić information content (AvgIpc) is 3.21. The van der Waals surface area contributed by atoms with Gasteiger partial charge in [0, 0.05) is 23.7 Å². The van der Waals surface area contributed by atoms with Gasteiger partial charge in [0.2, 0.25) is 5.91 Å². The van der Waals surface area contributed by atoms with Crippen molar-refractivity contribution in [3.05, 3.63) is 59.2 Å². The molecule has 0 aliphatic carbocycles. The Hall–Kier alpha value is -3.02. The molecule has 0 spiro atoms. The van der Waals surface area contributed by atoms with Crippen LogP contribution in [-0.4, -0.2) is 44.0 Å². The van der Waals surface area contributed by atoms with E-state index < -0.39 is 0 Å². The van der Waals surface area contributed by atoms with Gasteiger partial charge in [0.25, 0.3) is 5.91 Å². The van der Waals surface area contributed by atoms with Crippen LogP contribution in [0.15, 0.2) is 42.5 Å². The largest absolute Gasteiger partial charge is 0.497 e. The number of aryl methyl sites for hydroxylation is 1. The van der Waals surface area contributed by atoms with Crippen molar-refractivity contribution in [3.63, 3.8) is 0 Å². The Morgan fingerprint density at radius 1 is 1.11 bits per heavy atom. The van der Waals surface area contributed by atoms with Gasteiger partial charge in [-0.25, -0.2) is 0 Å². The summed E-state index contributed by atoms with van der Waals surface area (Å²) in [6.45, 7) is 2.60. The monoisotopic (exact) mass is 382 g/mol. The summed E-state index contributed by atoms with van der Waals surface area (Å²) in [6, 6.07) is 12.9. The number of benzene rings is 2. The molecular formula is C22H26N2O4. The lowest BCUT2D eigenvalue weighted by Gasteiger charge is -2.26. The summed E-state index contributed by atoms with van der Waals surface area (Å²) in [4.78, 5) is 26.9. The second-order valence-electron chi connectivity index (χ2n) is 6.90. The molecule has 1 N–H and O–H groups in total. The van der Waals surface area contributed by atoms with E-state index in [1.165, 1.54) is 0 Å². The van der Waals surface area contributed by atoms with E-state index in [-0.39, 0.29) is 24.4 Å². The van der Waals surface area contributed by atoms with E-state index in [0.717, 1.165) is 24.0 Å². The molecule has 2 aromatic carbocycles. The molecule has 1 fully saturated rings. The van der Waals surface area contributed by atoms with E-state index in [1.807, 2.05) is 42.2 Å². The second kappa shape index (κ2) is 8.78. The first-order chi connectivity index (χ1) is 13.5. The van der Waals surface area contributed by atoms with Crippen LogP contribution in [0.25, 0.3) is 0 Å². The quantitative estimate of drug-likeness (QED) is 0.834. The van der Waals surface area contributed by atoms with Gasteiger partial charge in [-0.2, -0.15) is 0 Å². The summed E-state index contributed by atoms with van der Waals surface area (Å²) in [6.07, 6.45) is 1.78. The van der Waals surface area contributed by atoms with Crippen LogP contribution in [0.3, 0.4) is 0 Å². The van der Waals surface area contributed by atoms with Crippen LogP contribution in [0.4, 0.5) is 0 Å². The van der Waals surface area contributed by atoms with Crippen molar-refractivity contribution < 1.29 is 19.1 Å². The number of nitrogens with zero attached hydrogens (tertiary/aromatic N) is 1.